The van der Waals surface area contributed by atoms with Crippen molar-refractivity contribution in [1.82, 2.24) is 4.98 Å². The Balaban J connectivity index is 2.62. The van der Waals surface area contributed by atoms with Gasteiger partial charge in [0, 0.05) is 12.4 Å². The molecule has 11 heavy (non-hydrogen) atoms. The topological polar surface area (TPSA) is 22.1 Å². The highest BCUT2D eigenvalue weighted by Crippen LogP contribution is 2.22. The Hall–Kier alpha value is -0.570. The van der Waals surface area contributed by atoms with Crippen LogP contribution in [0.4, 0.5) is 0 Å². The summed E-state index contributed by atoms with van der Waals surface area (Å²) in [5.74, 6) is 0.863. The van der Waals surface area contributed by atoms with Gasteiger partial charge in [-0.15, -0.1) is 0 Å². The maximum Gasteiger partial charge on any atom is 0.136 e. The van der Waals surface area contributed by atoms with Gasteiger partial charge in [0.25, 0.3) is 0 Å². The molecule has 1 rings (SSSR count). The molecular formula is C8H10BrNO. The van der Waals surface area contributed by atoms with E-state index in [2.05, 4.69) is 27.8 Å². The highest BCUT2D eigenvalue weighted by molar-refractivity contribution is 9.10. The molecule has 60 valence electrons. The largest absolute Gasteiger partial charge is 0.492 e. The fourth-order valence-corrected chi connectivity index (χ4v) is 1.06. The van der Waals surface area contributed by atoms with Gasteiger partial charge in [-0.2, -0.15) is 0 Å². The molecule has 0 N–H and O–H groups in total. The lowest BCUT2D eigenvalue weighted by molar-refractivity contribution is 0.315. The lowest BCUT2D eigenvalue weighted by Crippen LogP contribution is -1.95. The average molecular weight is 216 g/mol. The smallest absolute Gasteiger partial charge is 0.136 e. The second-order valence-electron chi connectivity index (χ2n) is 2.15. The summed E-state index contributed by atoms with van der Waals surface area (Å²) in [5.41, 5.74) is 0. The van der Waals surface area contributed by atoms with Crippen LogP contribution in [0.1, 0.15) is 13.3 Å². The van der Waals surface area contributed by atoms with Crippen molar-refractivity contribution in [3.05, 3.63) is 22.9 Å². The zero-order valence-corrected chi connectivity index (χ0v) is 7.97. The van der Waals surface area contributed by atoms with E-state index in [0.29, 0.717) is 0 Å². The van der Waals surface area contributed by atoms with Gasteiger partial charge in [-0.05, 0) is 28.4 Å². The summed E-state index contributed by atoms with van der Waals surface area (Å²) in [4.78, 5) is 3.93. The third kappa shape index (κ3) is 2.50. The molecule has 0 saturated heterocycles. The summed E-state index contributed by atoms with van der Waals surface area (Å²) < 4.78 is 6.31. The zero-order chi connectivity index (χ0) is 8.10. The second kappa shape index (κ2) is 4.34. The van der Waals surface area contributed by atoms with E-state index in [9.17, 15) is 0 Å². The lowest BCUT2D eigenvalue weighted by Gasteiger charge is -2.04. The van der Waals surface area contributed by atoms with E-state index in [1.54, 1.807) is 12.4 Å². The van der Waals surface area contributed by atoms with Gasteiger partial charge in [-0.25, -0.2) is 0 Å². The van der Waals surface area contributed by atoms with Crippen molar-refractivity contribution in [2.24, 2.45) is 0 Å². The van der Waals surface area contributed by atoms with Crippen molar-refractivity contribution < 1.29 is 4.74 Å². The van der Waals surface area contributed by atoms with Crippen LogP contribution in [0.3, 0.4) is 0 Å². The standard InChI is InChI=1S/C8H10BrNO/c1-2-5-11-8-3-4-10-6-7(8)9/h3-4,6H,2,5H2,1H3. The molecule has 2 nitrogen and oxygen atoms in total. The Kier molecular flexibility index (Phi) is 3.36. The van der Waals surface area contributed by atoms with E-state index < -0.39 is 0 Å². The maximum absolute atomic E-state index is 5.40. The van der Waals surface area contributed by atoms with Crippen LogP contribution in [-0.4, -0.2) is 11.6 Å². The molecule has 1 aromatic heterocycles. The van der Waals surface area contributed by atoms with Gasteiger partial charge < -0.3 is 4.74 Å². The first-order chi connectivity index (χ1) is 5.34. The maximum atomic E-state index is 5.40. The van der Waals surface area contributed by atoms with E-state index >= 15 is 0 Å². The Morgan fingerprint density at radius 3 is 3.09 bits per heavy atom. The summed E-state index contributed by atoms with van der Waals surface area (Å²) in [6, 6.07) is 1.85. The molecule has 0 fully saturated rings. The van der Waals surface area contributed by atoms with E-state index in [1.807, 2.05) is 6.07 Å². The normalized spacial score (nSPS) is 9.64. The highest BCUT2D eigenvalue weighted by atomic mass is 79.9. The minimum absolute atomic E-state index is 0.753. The molecule has 0 amide bonds. The summed E-state index contributed by atoms with van der Waals surface area (Å²) in [6.45, 7) is 2.83. The molecule has 1 heterocycles. The molecular weight excluding hydrogens is 206 g/mol. The number of aromatic nitrogens is 1. The van der Waals surface area contributed by atoms with E-state index in [-0.39, 0.29) is 0 Å². The molecule has 3 heteroatoms. The number of ether oxygens (including phenoxy) is 1. The summed E-state index contributed by atoms with van der Waals surface area (Å²) in [6.07, 6.45) is 4.47. The molecule has 0 aromatic carbocycles. The number of rotatable bonds is 3. The molecule has 0 aliphatic rings. The number of pyridine rings is 1. The van der Waals surface area contributed by atoms with Crippen molar-refractivity contribution in [1.29, 1.82) is 0 Å². The van der Waals surface area contributed by atoms with Gasteiger partial charge >= 0.3 is 0 Å². The van der Waals surface area contributed by atoms with E-state index in [4.69, 9.17) is 4.74 Å². The van der Waals surface area contributed by atoms with Crippen molar-refractivity contribution in [3.63, 3.8) is 0 Å². The predicted octanol–water partition coefficient (Wildman–Crippen LogP) is 2.63. The first-order valence-corrected chi connectivity index (χ1v) is 4.36. The zero-order valence-electron chi connectivity index (χ0n) is 6.38. The molecule has 0 aliphatic heterocycles. The number of hydrogen-bond donors (Lipinski definition) is 0. The third-order valence-electron chi connectivity index (χ3n) is 1.20. The number of halogens is 1. The second-order valence-corrected chi connectivity index (χ2v) is 3.01. The molecule has 0 spiro atoms. The van der Waals surface area contributed by atoms with Crippen LogP contribution in [0.2, 0.25) is 0 Å². The summed E-state index contributed by atoms with van der Waals surface area (Å²) in [5, 5.41) is 0. The van der Waals surface area contributed by atoms with Crippen molar-refractivity contribution >= 4 is 15.9 Å². The monoisotopic (exact) mass is 215 g/mol. The Bertz CT molecular complexity index is 227. The van der Waals surface area contributed by atoms with Crippen LogP contribution in [0.25, 0.3) is 0 Å². The highest BCUT2D eigenvalue weighted by Gasteiger charge is 1.97. The van der Waals surface area contributed by atoms with E-state index in [1.165, 1.54) is 0 Å². The molecule has 1 aromatic rings. The first-order valence-electron chi connectivity index (χ1n) is 3.57. The minimum Gasteiger partial charge on any atom is -0.492 e. The minimum atomic E-state index is 0.753. The molecule has 0 radical (unpaired) electrons. The SMILES string of the molecule is CCCOc1ccncc1Br. The molecule has 0 saturated carbocycles. The van der Waals surface area contributed by atoms with Gasteiger partial charge in [0.2, 0.25) is 0 Å². The lowest BCUT2D eigenvalue weighted by atomic mass is 10.4. The Morgan fingerprint density at radius 1 is 1.64 bits per heavy atom. The van der Waals surface area contributed by atoms with E-state index in [0.717, 1.165) is 23.2 Å². The third-order valence-corrected chi connectivity index (χ3v) is 1.79. The molecule has 0 atom stereocenters. The van der Waals surface area contributed by atoms with Gasteiger partial charge in [-0.1, -0.05) is 6.92 Å². The number of hydrogen-bond acceptors (Lipinski definition) is 2. The molecule has 0 unspecified atom stereocenters. The van der Waals surface area contributed by atoms with Gasteiger partial charge in [-0.3, -0.25) is 4.98 Å². The molecule has 0 bridgehead atoms. The van der Waals surface area contributed by atoms with Crippen molar-refractivity contribution in [3.8, 4) is 5.75 Å². The predicted molar refractivity (Wildman–Crippen MR) is 47.7 cm³/mol. The van der Waals surface area contributed by atoms with Crippen LogP contribution in [0.5, 0.6) is 5.75 Å². The van der Waals surface area contributed by atoms with Gasteiger partial charge in [0.05, 0.1) is 11.1 Å². The van der Waals surface area contributed by atoms with Crippen LogP contribution in [0, 0.1) is 0 Å². The van der Waals surface area contributed by atoms with Crippen LogP contribution >= 0.6 is 15.9 Å². The Labute approximate surface area is 74.7 Å². The van der Waals surface area contributed by atoms with Crippen LogP contribution in [0.15, 0.2) is 22.9 Å². The fraction of sp³-hybridized carbons (Fsp3) is 0.375. The first kappa shape index (κ1) is 8.53. The Morgan fingerprint density at radius 2 is 2.45 bits per heavy atom. The molecule has 0 aliphatic carbocycles. The summed E-state index contributed by atoms with van der Waals surface area (Å²) in [7, 11) is 0. The van der Waals surface area contributed by atoms with Crippen molar-refractivity contribution in [2.75, 3.05) is 6.61 Å². The van der Waals surface area contributed by atoms with Crippen LogP contribution < -0.4 is 4.74 Å². The fourth-order valence-electron chi connectivity index (χ4n) is 0.692. The quantitative estimate of drug-likeness (QED) is 0.774. The average Bonchev–Trinajstić information content (AvgIpc) is 2.03. The van der Waals surface area contributed by atoms with Gasteiger partial charge in [0.1, 0.15) is 5.75 Å². The summed E-state index contributed by atoms with van der Waals surface area (Å²) >= 11 is 3.34. The van der Waals surface area contributed by atoms with Gasteiger partial charge in [0.15, 0.2) is 0 Å². The van der Waals surface area contributed by atoms with Crippen molar-refractivity contribution in [2.45, 2.75) is 13.3 Å². The number of nitrogens with zero attached hydrogens (tertiary/aromatic N) is 1. The van der Waals surface area contributed by atoms with Crippen LogP contribution in [-0.2, 0) is 0 Å².